The van der Waals surface area contributed by atoms with Gasteiger partial charge < -0.3 is 0 Å². The molecule has 0 spiro atoms. The van der Waals surface area contributed by atoms with E-state index in [-0.39, 0.29) is 4.91 Å². The largest absolute Gasteiger partial charge is 0.417 e. The van der Waals surface area contributed by atoms with E-state index in [1.54, 1.807) is 20.0 Å². The van der Waals surface area contributed by atoms with Gasteiger partial charge in [0, 0.05) is 4.91 Å². The third-order valence-corrected chi connectivity index (χ3v) is 2.09. The molecule has 14 heavy (non-hydrogen) atoms. The third-order valence-electron chi connectivity index (χ3n) is 1.31. The van der Waals surface area contributed by atoms with Crippen molar-refractivity contribution in [1.29, 1.82) is 0 Å². The summed E-state index contributed by atoms with van der Waals surface area (Å²) in [4.78, 5) is 0.109. The van der Waals surface area contributed by atoms with E-state index in [1.807, 2.05) is 0 Å². The van der Waals surface area contributed by atoms with Gasteiger partial charge in [-0.2, -0.15) is 13.2 Å². The molecule has 0 aliphatic heterocycles. The zero-order valence-electron chi connectivity index (χ0n) is 7.98. The van der Waals surface area contributed by atoms with Gasteiger partial charge in [0.05, 0.1) is 5.57 Å². The molecule has 80 valence electrons. The van der Waals surface area contributed by atoms with Gasteiger partial charge in [-0.25, -0.2) is 0 Å². The van der Waals surface area contributed by atoms with Crippen LogP contribution in [0, 0.1) is 0 Å². The third kappa shape index (κ3) is 4.02. The molecule has 0 aromatic heterocycles. The number of alkyl halides is 3. The number of nitrogens with one attached hydrogen (secondary N) is 1. The first-order valence-corrected chi connectivity index (χ1v) is 4.69. The Labute approximate surface area is 85.9 Å². The summed E-state index contributed by atoms with van der Waals surface area (Å²) >= 11 is 0.912. The maximum Gasteiger partial charge on any atom is 0.417 e. The van der Waals surface area contributed by atoms with Crippen molar-refractivity contribution in [2.24, 2.45) is 0 Å². The van der Waals surface area contributed by atoms with E-state index >= 15 is 0 Å². The summed E-state index contributed by atoms with van der Waals surface area (Å²) in [5.41, 5.74) is -0.727. The van der Waals surface area contributed by atoms with E-state index in [2.05, 4.69) is 11.3 Å². The first kappa shape index (κ1) is 13.3. The smallest absolute Gasteiger partial charge is 0.263 e. The van der Waals surface area contributed by atoms with Gasteiger partial charge in [-0.1, -0.05) is 24.8 Å². The molecule has 0 saturated carbocycles. The van der Waals surface area contributed by atoms with Crippen LogP contribution < -0.4 is 4.72 Å². The van der Waals surface area contributed by atoms with Crippen LogP contribution in [0.2, 0.25) is 0 Å². The van der Waals surface area contributed by atoms with Crippen molar-refractivity contribution in [2.45, 2.75) is 13.1 Å². The molecule has 0 aromatic carbocycles. The first-order valence-electron chi connectivity index (χ1n) is 3.87. The van der Waals surface area contributed by atoms with Crippen LogP contribution in [0.5, 0.6) is 0 Å². The second-order valence-electron chi connectivity index (χ2n) is 2.29. The molecule has 0 atom stereocenters. The monoisotopic (exact) mass is 223 g/mol. The van der Waals surface area contributed by atoms with Crippen LogP contribution in [0.4, 0.5) is 13.2 Å². The molecule has 0 amide bonds. The summed E-state index contributed by atoms with van der Waals surface area (Å²) in [7, 11) is 1.56. The summed E-state index contributed by atoms with van der Waals surface area (Å²) in [6, 6.07) is 0. The van der Waals surface area contributed by atoms with Gasteiger partial charge in [0.2, 0.25) is 0 Å². The molecular formula is C9H12F3NS. The molecule has 0 rings (SSSR count). The Bertz CT molecular complexity index is 253. The van der Waals surface area contributed by atoms with E-state index in [4.69, 9.17) is 0 Å². The molecule has 0 fully saturated rings. The van der Waals surface area contributed by atoms with Crippen LogP contribution in [-0.2, 0) is 0 Å². The minimum absolute atomic E-state index is 0.109. The summed E-state index contributed by atoms with van der Waals surface area (Å²) < 4.78 is 39.8. The lowest BCUT2D eigenvalue weighted by molar-refractivity contribution is -0.0883. The van der Waals surface area contributed by atoms with E-state index in [1.165, 1.54) is 6.08 Å². The van der Waals surface area contributed by atoms with Gasteiger partial charge in [0.15, 0.2) is 0 Å². The van der Waals surface area contributed by atoms with Crippen molar-refractivity contribution in [2.75, 3.05) is 7.05 Å². The van der Waals surface area contributed by atoms with E-state index in [0.717, 1.165) is 18.0 Å². The summed E-state index contributed by atoms with van der Waals surface area (Å²) in [5.74, 6) is 0. The Morgan fingerprint density at radius 3 is 2.29 bits per heavy atom. The molecule has 0 aromatic rings. The van der Waals surface area contributed by atoms with Crippen LogP contribution in [0.25, 0.3) is 0 Å². The van der Waals surface area contributed by atoms with E-state index < -0.39 is 11.7 Å². The highest BCUT2D eigenvalue weighted by Crippen LogP contribution is 2.33. The highest BCUT2D eigenvalue weighted by molar-refractivity contribution is 8.01. The van der Waals surface area contributed by atoms with Crippen LogP contribution in [0.3, 0.4) is 0 Å². The lowest BCUT2D eigenvalue weighted by Crippen LogP contribution is -2.12. The van der Waals surface area contributed by atoms with Crippen molar-refractivity contribution in [3.63, 3.8) is 0 Å². The van der Waals surface area contributed by atoms with Crippen molar-refractivity contribution in [1.82, 2.24) is 4.72 Å². The van der Waals surface area contributed by atoms with Gasteiger partial charge in [-0.15, -0.1) is 0 Å². The molecule has 0 radical (unpaired) electrons. The van der Waals surface area contributed by atoms with E-state index in [9.17, 15) is 13.2 Å². The van der Waals surface area contributed by atoms with Gasteiger partial charge in [0.1, 0.15) is 0 Å². The minimum atomic E-state index is -4.36. The minimum Gasteiger partial charge on any atom is -0.263 e. The maximum atomic E-state index is 12.4. The van der Waals surface area contributed by atoms with Crippen LogP contribution >= 0.6 is 11.9 Å². The lowest BCUT2D eigenvalue weighted by atomic mass is 10.2. The summed E-state index contributed by atoms with van der Waals surface area (Å²) in [6.07, 6.45) is -0.597. The highest BCUT2D eigenvalue weighted by atomic mass is 32.2. The predicted molar refractivity (Wildman–Crippen MR) is 54.7 cm³/mol. The molecule has 0 bridgehead atoms. The Kier molecular flexibility index (Phi) is 5.64. The maximum absolute atomic E-state index is 12.4. The normalized spacial score (nSPS) is 14.4. The molecule has 1 nitrogen and oxygen atoms in total. The average molecular weight is 223 g/mol. The molecule has 0 heterocycles. The fourth-order valence-electron chi connectivity index (χ4n) is 0.796. The fraction of sp³-hybridized carbons (Fsp3) is 0.333. The number of allylic oxidation sites excluding steroid dienone is 4. The first-order chi connectivity index (χ1) is 6.47. The Balaban J connectivity index is 5.18. The van der Waals surface area contributed by atoms with Gasteiger partial charge in [0.25, 0.3) is 0 Å². The quantitative estimate of drug-likeness (QED) is 0.579. The Hall–Kier alpha value is -0.680. The number of hydrogen-bond acceptors (Lipinski definition) is 2. The van der Waals surface area contributed by atoms with Crippen molar-refractivity contribution in [3.8, 4) is 0 Å². The van der Waals surface area contributed by atoms with Gasteiger partial charge in [-0.05, 0) is 25.9 Å². The molecular weight excluding hydrogens is 211 g/mol. The topological polar surface area (TPSA) is 12.0 Å². The van der Waals surface area contributed by atoms with Crippen molar-refractivity contribution >= 4 is 11.9 Å². The van der Waals surface area contributed by atoms with Crippen molar-refractivity contribution in [3.05, 3.63) is 35.3 Å². The number of hydrogen-bond donors (Lipinski definition) is 1. The zero-order valence-corrected chi connectivity index (χ0v) is 8.80. The number of halogens is 3. The molecule has 0 aliphatic carbocycles. The van der Waals surface area contributed by atoms with Gasteiger partial charge >= 0.3 is 6.18 Å². The second kappa shape index (κ2) is 5.93. The molecule has 0 saturated heterocycles. The molecule has 0 aliphatic rings. The standard InChI is InChI=1S/C9H12F3NS/c1-4-6-8(14-13-3)7(5-2)9(10,11)12/h4-6,13H,2H2,1,3H3/b6-4-,8-7-. The van der Waals surface area contributed by atoms with Crippen molar-refractivity contribution < 1.29 is 13.2 Å². The second-order valence-corrected chi connectivity index (χ2v) is 3.34. The summed E-state index contributed by atoms with van der Waals surface area (Å²) in [5, 5.41) is 0. The fourth-order valence-corrected chi connectivity index (χ4v) is 1.53. The molecule has 1 N–H and O–H groups in total. The van der Waals surface area contributed by atoms with Crippen LogP contribution in [0.15, 0.2) is 35.3 Å². The lowest BCUT2D eigenvalue weighted by Gasteiger charge is -2.11. The Morgan fingerprint density at radius 1 is 1.43 bits per heavy atom. The van der Waals surface area contributed by atoms with Crippen LogP contribution in [0.1, 0.15) is 6.92 Å². The van der Waals surface area contributed by atoms with E-state index in [0.29, 0.717) is 0 Å². The van der Waals surface area contributed by atoms with Crippen LogP contribution in [-0.4, -0.2) is 13.2 Å². The van der Waals surface area contributed by atoms with Gasteiger partial charge in [-0.3, -0.25) is 4.72 Å². The molecule has 5 heteroatoms. The number of rotatable bonds is 4. The SMILES string of the molecule is C=C/C(=C(\C=C/C)SNC)C(F)(F)F. The summed E-state index contributed by atoms with van der Waals surface area (Å²) in [6.45, 7) is 4.82. The Morgan fingerprint density at radius 2 is 2.00 bits per heavy atom. The highest BCUT2D eigenvalue weighted by Gasteiger charge is 2.33. The average Bonchev–Trinajstić information content (AvgIpc) is 2.03. The molecule has 0 unspecified atom stereocenters. The predicted octanol–water partition coefficient (Wildman–Crippen LogP) is 3.43. The zero-order chi connectivity index (χ0) is 11.2.